The van der Waals surface area contributed by atoms with Gasteiger partial charge in [0.15, 0.2) is 0 Å². The van der Waals surface area contributed by atoms with Crippen LogP contribution in [0.2, 0.25) is 0 Å². The number of nitrogens with two attached hydrogens (primary N) is 1. The van der Waals surface area contributed by atoms with Gasteiger partial charge in [-0.1, -0.05) is 17.7 Å². The van der Waals surface area contributed by atoms with Gasteiger partial charge in [-0.15, -0.1) is 0 Å². The number of aryl methyl sites for hydroxylation is 3. The van der Waals surface area contributed by atoms with Gasteiger partial charge in [-0.25, -0.2) is 0 Å². The summed E-state index contributed by atoms with van der Waals surface area (Å²) >= 11 is 0. The molecule has 1 aromatic carbocycles. The van der Waals surface area contributed by atoms with Crippen LogP contribution in [-0.4, -0.2) is 36.9 Å². The van der Waals surface area contributed by atoms with Crippen LogP contribution in [0.1, 0.15) is 16.7 Å². The van der Waals surface area contributed by atoms with E-state index in [4.69, 9.17) is 5.73 Å². The first-order valence-electron chi connectivity index (χ1n) is 6.17. The molecule has 3 N–H and O–H groups in total. The van der Waals surface area contributed by atoms with Crippen LogP contribution in [0.4, 0.5) is 5.69 Å². The minimum absolute atomic E-state index is 0.00277. The molecule has 0 saturated heterocycles. The molecule has 0 aliphatic rings. The summed E-state index contributed by atoms with van der Waals surface area (Å²) in [5.41, 5.74) is 9.23. The Hall–Kier alpha value is -1.88. The summed E-state index contributed by atoms with van der Waals surface area (Å²) in [6.07, 6.45) is 0. The number of nitrogens with one attached hydrogen (secondary N) is 1. The van der Waals surface area contributed by atoms with Crippen molar-refractivity contribution in [2.45, 2.75) is 20.8 Å². The smallest absolute Gasteiger partial charge is 0.243 e. The number of benzene rings is 1. The van der Waals surface area contributed by atoms with E-state index >= 15 is 0 Å². The Kier molecular flexibility index (Phi) is 5.06. The van der Waals surface area contributed by atoms with Crippen molar-refractivity contribution in [3.05, 3.63) is 28.8 Å². The van der Waals surface area contributed by atoms with Crippen LogP contribution < -0.4 is 11.1 Å². The van der Waals surface area contributed by atoms with Crippen molar-refractivity contribution in [2.24, 2.45) is 5.73 Å². The summed E-state index contributed by atoms with van der Waals surface area (Å²) in [6, 6.07) is 4.02. The van der Waals surface area contributed by atoms with Gasteiger partial charge in [0.2, 0.25) is 11.8 Å². The molecule has 0 saturated carbocycles. The fourth-order valence-corrected chi connectivity index (χ4v) is 2.02. The highest BCUT2D eigenvalue weighted by Gasteiger charge is 2.13. The maximum Gasteiger partial charge on any atom is 0.243 e. The van der Waals surface area contributed by atoms with Crippen molar-refractivity contribution < 1.29 is 9.59 Å². The highest BCUT2D eigenvalue weighted by Crippen LogP contribution is 2.21. The van der Waals surface area contributed by atoms with Gasteiger partial charge in [0, 0.05) is 12.7 Å². The number of hydrogen-bond acceptors (Lipinski definition) is 3. The number of nitrogens with zero attached hydrogens (tertiary/aromatic N) is 1. The normalized spacial score (nSPS) is 10.2. The standard InChI is InChI=1S/C14H21N3O2/c1-9-5-10(2)14(11(3)6-9)16-12(18)8-17(4)13(19)7-15/h5-6H,7-8,15H2,1-4H3,(H,16,18). The van der Waals surface area contributed by atoms with E-state index in [-0.39, 0.29) is 24.9 Å². The lowest BCUT2D eigenvalue weighted by Crippen LogP contribution is -2.38. The van der Waals surface area contributed by atoms with Gasteiger partial charge in [-0.3, -0.25) is 9.59 Å². The fourth-order valence-electron chi connectivity index (χ4n) is 2.02. The minimum Gasteiger partial charge on any atom is -0.335 e. The van der Waals surface area contributed by atoms with E-state index in [9.17, 15) is 9.59 Å². The van der Waals surface area contributed by atoms with E-state index in [1.165, 1.54) is 4.90 Å². The van der Waals surface area contributed by atoms with Crippen molar-refractivity contribution in [1.29, 1.82) is 0 Å². The summed E-state index contributed by atoms with van der Waals surface area (Å²) in [5.74, 6) is -0.480. The summed E-state index contributed by atoms with van der Waals surface area (Å²) in [4.78, 5) is 24.5. The van der Waals surface area contributed by atoms with Crippen molar-refractivity contribution >= 4 is 17.5 Å². The second-order valence-corrected chi connectivity index (χ2v) is 4.78. The van der Waals surface area contributed by atoms with E-state index in [1.54, 1.807) is 7.05 Å². The molecule has 5 nitrogen and oxygen atoms in total. The second-order valence-electron chi connectivity index (χ2n) is 4.78. The Morgan fingerprint density at radius 3 is 2.21 bits per heavy atom. The predicted molar refractivity (Wildman–Crippen MR) is 76.0 cm³/mol. The zero-order valence-electron chi connectivity index (χ0n) is 11.9. The highest BCUT2D eigenvalue weighted by molar-refractivity contribution is 5.95. The molecular formula is C14H21N3O2. The molecule has 0 aliphatic heterocycles. The number of amides is 2. The van der Waals surface area contributed by atoms with Crippen LogP contribution in [-0.2, 0) is 9.59 Å². The largest absolute Gasteiger partial charge is 0.335 e. The molecule has 0 atom stereocenters. The third kappa shape index (κ3) is 4.06. The van der Waals surface area contributed by atoms with Crippen LogP contribution in [0.15, 0.2) is 12.1 Å². The number of anilines is 1. The monoisotopic (exact) mass is 263 g/mol. The van der Waals surface area contributed by atoms with Gasteiger partial charge in [0.25, 0.3) is 0 Å². The quantitative estimate of drug-likeness (QED) is 0.850. The molecule has 19 heavy (non-hydrogen) atoms. The minimum atomic E-state index is -0.257. The zero-order valence-corrected chi connectivity index (χ0v) is 11.9. The summed E-state index contributed by atoms with van der Waals surface area (Å²) < 4.78 is 0. The van der Waals surface area contributed by atoms with Gasteiger partial charge in [0.05, 0.1) is 13.1 Å². The van der Waals surface area contributed by atoms with E-state index in [0.29, 0.717) is 0 Å². The molecular weight excluding hydrogens is 242 g/mol. The molecule has 0 spiro atoms. The molecule has 0 unspecified atom stereocenters. The highest BCUT2D eigenvalue weighted by atomic mass is 16.2. The Morgan fingerprint density at radius 2 is 1.74 bits per heavy atom. The third-order valence-corrected chi connectivity index (χ3v) is 2.92. The van der Waals surface area contributed by atoms with Gasteiger partial charge < -0.3 is 16.0 Å². The third-order valence-electron chi connectivity index (χ3n) is 2.92. The number of likely N-dealkylation sites (N-methyl/N-ethyl adjacent to an activating group) is 1. The number of carbonyl (C=O) groups is 2. The zero-order chi connectivity index (χ0) is 14.6. The van der Waals surface area contributed by atoms with E-state index in [2.05, 4.69) is 5.32 Å². The van der Waals surface area contributed by atoms with Gasteiger partial charge in [-0.2, -0.15) is 0 Å². The van der Waals surface area contributed by atoms with Gasteiger partial charge in [-0.05, 0) is 31.9 Å². The van der Waals surface area contributed by atoms with Crippen LogP contribution >= 0.6 is 0 Å². The number of carbonyl (C=O) groups excluding carboxylic acids is 2. The molecule has 5 heteroatoms. The molecule has 104 valence electrons. The van der Waals surface area contributed by atoms with Gasteiger partial charge in [0.1, 0.15) is 0 Å². The molecule has 1 rings (SSSR count). The van der Waals surface area contributed by atoms with E-state index in [1.807, 2.05) is 32.9 Å². The molecule has 0 radical (unpaired) electrons. The van der Waals surface area contributed by atoms with Crippen molar-refractivity contribution in [1.82, 2.24) is 4.90 Å². The van der Waals surface area contributed by atoms with Crippen molar-refractivity contribution in [2.75, 3.05) is 25.5 Å². The molecule has 0 fully saturated rings. The number of hydrogen-bond donors (Lipinski definition) is 2. The topological polar surface area (TPSA) is 75.4 Å². The Morgan fingerprint density at radius 1 is 1.21 bits per heavy atom. The van der Waals surface area contributed by atoms with E-state index in [0.717, 1.165) is 22.4 Å². The molecule has 0 bridgehead atoms. The summed E-state index contributed by atoms with van der Waals surface area (Å²) in [7, 11) is 1.56. The Balaban J connectivity index is 2.75. The maximum absolute atomic E-state index is 11.9. The summed E-state index contributed by atoms with van der Waals surface area (Å²) in [6.45, 7) is 5.82. The predicted octanol–water partition coefficient (Wildman–Crippen LogP) is 0.967. The van der Waals surface area contributed by atoms with Crippen molar-refractivity contribution in [3.63, 3.8) is 0 Å². The average Bonchev–Trinajstić information content (AvgIpc) is 2.32. The summed E-state index contributed by atoms with van der Waals surface area (Å²) in [5, 5.41) is 2.84. The molecule has 1 aromatic rings. The van der Waals surface area contributed by atoms with Gasteiger partial charge >= 0.3 is 0 Å². The Labute approximate surface area is 113 Å². The first-order chi connectivity index (χ1) is 8.85. The van der Waals surface area contributed by atoms with Crippen LogP contribution in [0.25, 0.3) is 0 Å². The van der Waals surface area contributed by atoms with E-state index < -0.39 is 0 Å². The first kappa shape index (κ1) is 15.2. The Bertz CT molecular complexity index is 474. The molecule has 0 aliphatic carbocycles. The second kappa shape index (κ2) is 6.33. The maximum atomic E-state index is 11.9. The lowest BCUT2D eigenvalue weighted by atomic mass is 10.1. The fraction of sp³-hybridized carbons (Fsp3) is 0.429. The van der Waals surface area contributed by atoms with Crippen molar-refractivity contribution in [3.8, 4) is 0 Å². The lowest BCUT2D eigenvalue weighted by molar-refractivity contribution is -0.132. The average molecular weight is 263 g/mol. The number of rotatable bonds is 4. The lowest BCUT2D eigenvalue weighted by Gasteiger charge is -2.17. The molecule has 0 aromatic heterocycles. The van der Waals surface area contributed by atoms with Crippen LogP contribution in [0.5, 0.6) is 0 Å². The molecule has 0 heterocycles. The first-order valence-corrected chi connectivity index (χ1v) is 6.17. The van der Waals surface area contributed by atoms with Crippen LogP contribution in [0, 0.1) is 20.8 Å². The van der Waals surface area contributed by atoms with Crippen LogP contribution in [0.3, 0.4) is 0 Å². The SMILES string of the molecule is Cc1cc(C)c(NC(=O)CN(C)C(=O)CN)c(C)c1. The molecule has 2 amide bonds.